The number of hydrogen-bond donors (Lipinski definition) is 2. The molecule has 2 aliphatic rings. The zero-order valence-electron chi connectivity index (χ0n) is 12.9. The number of nitrogens with one attached hydrogen (secondary N) is 1. The monoisotopic (exact) mass is 352 g/mol. The van der Waals surface area contributed by atoms with Crippen molar-refractivity contribution in [3.05, 3.63) is 23.7 Å². The van der Waals surface area contributed by atoms with Crippen LogP contribution in [0.25, 0.3) is 11.2 Å². The van der Waals surface area contributed by atoms with Crippen LogP contribution in [0.3, 0.4) is 0 Å². The van der Waals surface area contributed by atoms with Gasteiger partial charge in [-0.25, -0.2) is 13.9 Å². The van der Waals surface area contributed by atoms with Crippen LogP contribution in [0.15, 0.2) is 12.4 Å². The maximum absolute atomic E-state index is 12.9. The molecule has 2 heterocycles. The van der Waals surface area contributed by atoms with Crippen molar-refractivity contribution in [3.8, 4) is 0 Å². The fourth-order valence-electron chi connectivity index (χ4n) is 2.02. The average Bonchev–Trinajstić information content (AvgIpc) is 3.46. The Morgan fingerprint density at radius 1 is 1.38 bits per heavy atom. The van der Waals surface area contributed by atoms with Gasteiger partial charge in [-0.3, -0.25) is 9.59 Å². The highest BCUT2D eigenvalue weighted by atomic mass is 32.2. The number of nitrogens with zero attached hydrogens (tertiary/aromatic N) is 3. The maximum atomic E-state index is 12.9. The highest BCUT2D eigenvalue weighted by molar-refractivity contribution is 7.92. The Kier molecular flexibility index (Phi) is 4.98. The van der Waals surface area contributed by atoms with Crippen LogP contribution in [-0.2, 0) is 4.79 Å². The summed E-state index contributed by atoms with van der Waals surface area (Å²) in [6, 6.07) is 0. The first-order valence-corrected chi connectivity index (χ1v) is 8.44. The standard InChI is InChI=1S/C12H11FN4O3S.C3H6/c13-21-17-5-7(12(20)15-4-9(18)19)10-11(17)14-3-8(16-10)6-1-2-6;1-2-3-1/h3,5-6H,1-2,4H2,(H,15,20)(H,18,19);1-3H2. The van der Waals surface area contributed by atoms with Crippen LogP contribution in [0, 0.1) is 0 Å². The number of halogens is 1. The second-order valence-corrected chi connectivity index (χ2v) is 6.35. The quantitative estimate of drug-likeness (QED) is 0.859. The van der Waals surface area contributed by atoms with Crippen LogP contribution in [0.2, 0.25) is 0 Å². The average molecular weight is 352 g/mol. The smallest absolute Gasteiger partial charge is 0.322 e. The third-order valence-electron chi connectivity index (χ3n) is 3.55. The molecule has 24 heavy (non-hydrogen) atoms. The lowest BCUT2D eigenvalue weighted by Crippen LogP contribution is -2.29. The Hall–Kier alpha value is -2.16. The molecular formula is C15H17FN4O3S. The molecule has 0 bridgehead atoms. The molecular weight excluding hydrogens is 335 g/mol. The molecule has 0 aromatic carbocycles. The fraction of sp³-hybridized carbons (Fsp3) is 0.467. The molecule has 2 N–H and O–H groups in total. The van der Waals surface area contributed by atoms with Crippen molar-refractivity contribution < 1.29 is 18.6 Å². The van der Waals surface area contributed by atoms with E-state index in [0.717, 1.165) is 22.5 Å². The molecule has 0 unspecified atom stereocenters. The van der Waals surface area contributed by atoms with Crippen LogP contribution in [0.5, 0.6) is 0 Å². The van der Waals surface area contributed by atoms with Gasteiger partial charge in [0.25, 0.3) is 5.91 Å². The molecule has 7 nitrogen and oxygen atoms in total. The Bertz CT molecular complexity index is 771. The molecule has 128 valence electrons. The van der Waals surface area contributed by atoms with E-state index >= 15 is 0 Å². The lowest BCUT2D eigenvalue weighted by molar-refractivity contribution is -0.135. The van der Waals surface area contributed by atoms with Gasteiger partial charge in [-0.2, -0.15) is 0 Å². The minimum Gasteiger partial charge on any atom is -0.480 e. The number of aliphatic carboxylic acids is 1. The van der Waals surface area contributed by atoms with E-state index in [1.54, 1.807) is 6.20 Å². The summed E-state index contributed by atoms with van der Waals surface area (Å²) < 4.78 is 14.0. The molecule has 2 saturated carbocycles. The largest absolute Gasteiger partial charge is 0.480 e. The first-order valence-electron chi connectivity index (χ1n) is 7.77. The Balaban J connectivity index is 0.000000508. The van der Waals surface area contributed by atoms with Crippen LogP contribution in [-0.4, -0.2) is 37.5 Å². The minimum absolute atomic E-state index is 0.0914. The van der Waals surface area contributed by atoms with Gasteiger partial charge < -0.3 is 10.4 Å². The number of carbonyl (C=O) groups excluding carboxylic acids is 1. The molecule has 0 spiro atoms. The van der Waals surface area contributed by atoms with Crippen molar-refractivity contribution in [2.75, 3.05) is 6.54 Å². The molecule has 0 aliphatic heterocycles. The Morgan fingerprint density at radius 2 is 2.08 bits per heavy atom. The Labute approximate surface area is 142 Å². The lowest BCUT2D eigenvalue weighted by atomic mass is 10.2. The summed E-state index contributed by atoms with van der Waals surface area (Å²) in [5.41, 5.74) is 1.42. The second kappa shape index (κ2) is 7.16. The van der Waals surface area contributed by atoms with Crippen LogP contribution >= 0.6 is 12.3 Å². The van der Waals surface area contributed by atoms with E-state index in [1.165, 1.54) is 25.5 Å². The van der Waals surface area contributed by atoms with Crippen molar-refractivity contribution in [2.24, 2.45) is 0 Å². The highest BCUT2D eigenvalue weighted by Gasteiger charge is 2.27. The SMILES string of the molecule is C1CC1.O=C(O)CNC(=O)c1cn(SF)c2ncc(C3CC3)nc12. The summed E-state index contributed by atoms with van der Waals surface area (Å²) in [4.78, 5) is 31.0. The molecule has 4 rings (SSSR count). The molecule has 9 heteroatoms. The zero-order chi connectivity index (χ0) is 17.1. The van der Waals surface area contributed by atoms with Crippen LogP contribution in [0.1, 0.15) is 54.1 Å². The van der Waals surface area contributed by atoms with E-state index in [9.17, 15) is 13.5 Å². The predicted octanol–water partition coefficient (Wildman–Crippen LogP) is 2.67. The second-order valence-electron chi connectivity index (χ2n) is 5.82. The number of fused-ring (bicyclic) bond motifs is 1. The first-order chi connectivity index (χ1) is 11.6. The van der Waals surface area contributed by atoms with E-state index in [2.05, 4.69) is 15.3 Å². The van der Waals surface area contributed by atoms with E-state index in [0.29, 0.717) is 5.92 Å². The predicted molar refractivity (Wildman–Crippen MR) is 87.4 cm³/mol. The third kappa shape index (κ3) is 4.02. The number of hydrogen-bond acceptors (Lipinski definition) is 5. The van der Waals surface area contributed by atoms with Crippen molar-refractivity contribution in [3.63, 3.8) is 0 Å². The molecule has 0 atom stereocenters. The normalized spacial score (nSPS) is 15.5. The van der Waals surface area contributed by atoms with Crippen molar-refractivity contribution in [2.45, 2.75) is 38.0 Å². The maximum Gasteiger partial charge on any atom is 0.322 e. The molecule has 2 aromatic heterocycles. The van der Waals surface area contributed by atoms with Gasteiger partial charge in [0.1, 0.15) is 12.1 Å². The number of rotatable bonds is 5. The minimum atomic E-state index is -1.16. The molecule has 2 fully saturated rings. The molecule has 0 saturated heterocycles. The van der Waals surface area contributed by atoms with E-state index < -0.39 is 18.4 Å². The number of aromatic nitrogens is 3. The summed E-state index contributed by atoms with van der Waals surface area (Å²) in [5, 5.41) is 10.8. The van der Waals surface area contributed by atoms with Crippen molar-refractivity contribution in [1.29, 1.82) is 0 Å². The molecule has 2 aliphatic carbocycles. The molecule has 2 aromatic rings. The zero-order valence-corrected chi connectivity index (χ0v) is 13.7. The van der Waals surface area contributed by atoms with E-state index in [1.807, 2.05) is 0 Å². The highest BCUT2D eigenvalue weighted by Crippen LogP contribution is 2.39. The summed E-state index contributed by atoms with van der Waals surface area (Å²) in [6.45, 7) is -0.510. The van der Waals surface area contributed by atoms with Gasteiger partial charge in [0.15, 0.2) is 18.0 Å². The van der Waals surface area contributed by atoms with Gasteiger partial charge in [-0.05, 0) is 12.8 Å². The number of carboxylic acid groups (broad SMARTS) is 1. The van der Waals surface area contributed by atoms with E-state index in [4.69, 9.17) is 5.11 Å². The topological polar surface area (TPSA) is 97.1 Å². The summed E-state index contributed by atoms with van der Waals surface area (Å²) in [5.74, 6) is -1.42. The first kappa shape index (κ1) is 16.7. The van der Waals surface area contributed by atoms with Crippen LogP contribution in [0.4, 0.5) is 3.89 Å². The third-order valence-corrected chi connectivity index (χ3v) is 3.98. The summed E-state index contributed by atoms with van der Waals surface area (Å²) in [6.07, 6.45) is 9.41. The van der Waals surface area contributed by atoms with Gasteiger partial charge in [0, 0.05) is 12.1 Å². The van der Waals surface area contributed by atoms with Crippen LogP contribution < -0.4 is 5.32 Å². The molecule has 0 radical (unpaired) electrons. The summed E-state index contributed by atoms with van der Waals surface area (Å²) in [7, 11) is 0. The molecule has 1 amide bonds. The van der Waals surface area contributed by atoms with Gasteiger partial charge in [0.2, 0.25) is 0 Å². The fourth-order valence-corrected chi connectivity index (χ4v) is 2.37. The number of carbonyl (C=O) groups is 2. The summed E-state index contributed by atoms with van der Waals surface area (Å²) >= 11 is -0.0914. The van der Waals surface area contributed by atoms with Gasteiger partial charge in [-0.15, -0.1) is 3.89 Å². The van der Waals surface area contributed by atoms with Gasteiger partial charge >= 0.3 is 5.97 Å². The lowest BCUT2D eigenvalue weighted by Gasteiger charge is -2.01. The van der Waals surface area contributed by atoms with Crippen molar-refractivity contribution in [1.82, 2.24) is 19.3 Å². The Morgan fingerprint density at radius 3 is 2.62 bits per heavy atom. The van der Waals surface area contributed by atoms with Gasteiger partial charge in [0.05, 0.1) is 17.5 Å². The van der Waals surface area contributed by atoms with Crippen molar-refractivity contribution >= 4 is 35.4 Å². The number of amides is 1. The number of carboxylic acids is 1. The van der Waals surface area contributed by atoms with Gasteiger partial charge in [-0.1, -0.05) is 19.3 Å². The van der Waals surface area contributed by atoms with E-state index in [-0.39, 0.29) is 29.1 Å².